The summed E-state index contributed by atoms with van der Waals surface area (Å²) in [5, 5.41) is 22.0. The van der Waals surface area contributed by atoms with E-state index < -0.39 is 48.5 Å². The number of esters is 1. The Labute approximate surface area is 207 Å². The molecule has 3 N–H and O–H groups in total. The van der Waals surface area contributed by atoms with Crippen LogP contribution in [0.15, 0.2) is 42.6 Å². The van der Waals surface area contributed by atoms with E-state index in [4.69, 9.17) is 13.8 Å². The van der Waals surface area contributed by atoms with Crippen molar-refractivity contribution in [2.45, 2.75) is 62.2 Å². The van der Waals surface area contributed by atoms with Crippen LogP contribution in [0.3, 0.4) is 0 Å². The number of aliphatic hydroxyl groups excluding tert-OH is 2. The average Bonchev–Trinajstić information content (AvgIpc) is 3.06. The lowest BCUT2D eigenvalue weighted by Gasteiger charge is -2.29. The van der Waals surface area contributed by atoms with Crippen LogP contribution >= 0.6 is 19.5 Å². The molecule has 1 saturated heterocycles. The minimum absolute atomic E-state index is 0.221. The highest BCUT2D eigenvalue weighted by Gasteiger charge is 2.47. The predicted octanol–water partition coefficient (Wildman–Crippen LogP) is 1.60. The van der Waals surface area contributed by atoms with Crippen molar-refractivity contribution in [3.8, 4) is 5.75 Å². The van der Waals surface area contributed by atoms with Gasteiger partial charge in [0.05, 0.1) is 30.5 Å². The van der Waals surface area contributed by atoms with Crippen molar-refractivity contribution < 1.29 is 42.9 Å². The molecule has 2 unspecified atom stereocenters. The van der Waals surface area contributed by atoms with Gasteiger partial charge >= 0.3 is 13.7 Å². The molecule has 0 spiro atoms. The smallest absolute Gasteiger partial charge is 0.459 e. The Morgan fingerprint density at radius 2 is 1.89 bits per heavy atom. The number of rotatable bonds is 10. The van der Waals surface area contributed by atoms with Gasteiger partial charge in [0.15, 0.2) is 5.78 Å². The lowest BCUT2D eigenvalue weighted by atomic mass is 10.1. The summed E-state index contributed by atoms with van der Waals surface area (Å²) < 4.78 is 29.9. The highest BCUT2D eigenvalue weighted by molar-refractivity contribution is 8.00. The zero-order valence-corrected chi connectivity index (χ0v) is 21.2. The molecule has 0 aromatic heterocycles. The normalized spacial score (nSPS) is 27.1. The van der Waals surface area contributed by atoms with Crippen molar-refractivity contribution >= 4 is 37.2 Å². The first-order valence-corrected chi connectivity index (χ1v) is 13.5. The van der Waals surface area contributed by atoms with Gasteiger partial charge in [-0.2, -0.15) is 5.09 Å². The number of hydrogen-bond donors (Lipinski definition) is 3. The maximum atomic E-state index is 13.6. The van der Waals surface area contributed by atoms with E-state index in [1.807, 2.05) is 0 Å². The van der Waals surface area contributed by atoms with Gasteiger partial charge in [-0.3, -0.25) is 18.9 Å². The van der Waals surface area contributed by atoms with Crippen molar-refractivity contribution in [2.75, 3.05) is 6.61 Å². The quantitative estimate of drug-likeness (QED) is 0.231. The van der Waals surface area contributed by atoms with Gasteiger partial charge in [-0.15, -0.1) is 11.8 Å². The number of ether oxygens (including phenoxy) is 1. The maximum absolute atomic E-state index is 13.6. The van der Waals surface area contributed by atoms with Gasteiger partial charge in [0.2, 0.25) is 5.91 Å². The van der Waals surface area contributed by atoms with E-state index in [1.54, 1.807) is 44.2 Å². The second-order valence-electron chi connectivity index (χ2n) is 8.34. The number of allylic oxidation sites excluding steroid dienone is 1. The molecule has 0 aliphatic carbocycles. The molecule has 1 amide bonds. The first-order chi connectivity index (χ1) is 16.5. The van der Waals surface area contributed by atoms with Crippen LogP contribution in [0, 0.1) is 0 Å². The number of thioether (sulfide) groups is 1. The van der Waals surface area contributed by atoms with Crippen LogP contribution in [-0.2, 0) is 28.2 Å². The van der Waals surface area contributed by atoms with E-state index in [0.29, 0.717) is 0 Å². The van der Waals surface area contributed by atoms with Crippen LogP contribution in [0.4, 0.5) is 0 Å². The molecule has 1 fully saturated rings. The fourth-order valence-electron chi connectivity index (χ4n) is 3.38. The molecule has 1 aromatic rings. The number of carbonyl (C=O) groups excluding carboxylic acids is 3. The van der Waals surface area contributed by atoms with Gasteiger partial charge in [-0.1, -0.05) is 18.2 Å². The lowest BCUT2D eigenvalue weighted by Crippen LogP contribution is -2.44. The highest BCUT2D eigenvalue weighted by Crippen LogP contribution is 2.47. The number of aliphatic hydroxyl groups is 2. The summed E-state index contributed by atoms with van der Waals surface area (Å²) in [5.41, 5.74) is 0. The third kappa shape index (κ3) is 7.16. The van der Waals surface area contributed by atoms with Gasteiger partial charge in [-0.25, -0.2) is 4.57 Å². The van der Waals surface area contributed by atoms with E-state index in [1.165, 1.54) is 24.1 Å². The molecule has 2 heterocycles. The fraction of sp³-hybridized carbons (Fsp3) is 0.500. The molecule has 192 valence electrons. The molecule has 0 bridgehead atoms. The number of ketones is 1. The van der Waals surface area contributed by atoms with Crippen molar-refractivity contribution in [3.05, 3.63) is 42.6 Å². The Bertz CT molecular complexity index is 1010. The van der Waals surface area contributed by atoms with Gasteiger partial charge in [-0.05, 0) is 39.0 Å². The predicted molar refractivity (Wildman–Crippen MR) is 127 cm³/mol. The van der Waals surface area contributed by atoms with Crippen molar-refractivity contribution in [1.29, 1.82) is 0 Å². The number of amides is 1. The summed E-state index contributed by atoms with van der Waals surface area (Å²) in [6, 6.07) is 7.15. The number of benzene rings is 1. The van der Waals surface area contributed by atoms with E-state index in [9.17, 15) is 29.2 Å². The Balaban J connectivity index is 1.72. The van der Waals surface area contributed by atoms with Crippen molar-refractivity contribution in [2.24, 2.45) is 0 Å². The number of para-hydroxylation sites is 1. The second-order valence-corrected chi connectivity index (χ2v) is 11.4. The Kier molecular flexibility index (Phi) is 9.14. The van der Waals surface area contributed by atoms with Crippen LogP contribution in [0.2, 0.25) is 0 Å². The molecule has 35 heavy (non-hydrogen) atoms. The maximum Gasteiger partial charge on any atom is 0.459 e. The molecule has 0 saturated carbocycles. The first kappa shape index (κ1) is 27.4. The topological polar surface area (TPSA) is 152 Å². The number of hydrogen-bond acceptors (Lipinski definition) is 10. The third-order valence-corrected chi connectivity index (χ3v) is 8.27. The lowest BCUT2D eigenvalue weighted by molar-refractivity contribution is -0.149. The van der Waals surface area contributed by atoms with Crippen LogP contribution in [0.5, 0.6) is 5.75 Å². The van der Waals surface area contributed by atoms with E-state index in [-0.39, 0.29) is 30.7 Å². The number of nitrogens with one attached hydrogen (secondary N) is 1. The average molecular weight is 529 g/mol. The summed E-state index contributed by atoms with van der Waals surface area (Å²) in [6.45, 7) is 4.47. The first-order valence-electron chi connectivity index (χ1n) is 11.0. The van der Waals surface area contributed by atoms with Crippen LogP contribution in [0.1, 0.15) is 27.2 Å². The molecule has 2 aliphatic heterocycles. The molecule has 3 rings (SSSR count). The largest absolute Gasteiger partial charge is 0.462 e. The van der Waals surface area contributed by atoms with Gasteiger partial charge in [0.1, 0.15) is 23.3 Å². The SMILES string of the molecule is CC(C)OC(=O)C(C)NP(=O)(OC[C@H]1S[C@@H](N2C=CC(=O)CC2=O)[C@H](O)[C@@H]1O)Oc1ccccc1. The molecule has 0 radical (unpaired) electrons. The molecule has 13 heteroatoms. The molecular weight excluding hydrogens is 499 g/mol. The van der Waals surface area contributed by atoms with E-state index >= 15 is 0 Å². The summed E-state index contributed by atoms with van der Waals surface area (Å²) in [5.74, 6) is -1.28. The molecule has 6 atom stereocenters. The van der Waals surface area contributed by atoms with Crippen LogP contribution in [-0.4, -0.2) is 74.4 Å². The Morgan fingerprint density at radius 3 is 2.51 bits per heavy atom. The number of carbonyl (C=O) groups is 3. The monoisotopic (exact) mass is 528 g/mol. The minimum atomic E-state index is -4.16. The molecule has 2 aliphatic rings. The highest BCUT2D eigenvalue weighted by atomic mass is 32.2. The van der Waals surface area contributed by atoms with Gasteiger partial charge < -0.3 is 24.4 Å². The Morgan fingerprint density at radius 1 is 1.20 bits per heavy atom. The molecular formula is C22H29N2O9PS. The molecule has 11 nitrogen and oxygen atoms in total. The van der Waals surface area contributed by atoms with Crippen molar-refractivity contribution in [3.63, 3.8) is 0 Å². The number of nitrogens with zero attached hydrogens (tertiary/aromatic N) is 1. The zero-order chi connectivity index (χ0) is 25.8. The summed E-state index contributed by atoms with van der Waals surface area (Å²) in [6.07, 6.45) is -0.861. The standard InChI is InChI=1S/C22H29N2O9PS/c1-13(2)32-22(29)14(3)23-34(30,33-16-7-5-4-6-8-16)31-12-17-19(27)20(28)21(35-17)24-10-9-15(25)11-18(24)26/h4-10,13-14,17,19-21,27-28H,11-12H2,1-3H3,(H,23,30)/t14?,17-,19-,20-,21-,34?/m1/s1. The van der Waals surface area contributed by atoms with Gasteiger partial charge in [0.25, 0.3) is 0 Å². The summed E-state index contributed by atoms with van der Waals surface area (Å²) in [4.78, 5) is 37.1. The summed E-state index contributed by atoms with van der Waals surface area (Å²) >= 11 is 1.04. The zero-order valence-electron chi connectivity index (χ0n) is 19.5. The Hall–Kier alpha value is -2.21. The third-order valence-electron chi connectivity index (χ3n) is 5.08. The fourth-order valence-corrected chi connectivity index (χ4v) is 6.46. The van der Waals surface area contributed by atoms with E-state index in [2.05, 4.69) is 5.09 Å². The summed E-state index contributed by atoms with van der Waals surface area (Å²) in [7, 11) is -4.16. The van der Waals surface area contributed by atoms with E-state index in [0.717, 1.165) is 11.8 Å². The minimum Gasteiger partial charge on any atom is -0.462 e. The van der Waals surface area contributed by atoms with Crippen LogP contribution in [0.25, 0.3) is 0 Å². The van der Waals surface area contributed by atoms with Gasteiger partial charge in [0, 0.05) is 6.20 Å². The van der Waals surface area contributed by atoms with Crippen LogP contribution < -0.4 is 9.61 Å². The molecule has 1 aromatic carbocycles. The second kappa shape index (κ2) is 11.7. The van der Waals surface area contributed by atoms with Crippen molar-refractivity contribution in [1.82, 2.24) is 9.99 Å².